The van der Waals surface area contributed by atoms with Gasteiger partial charge in [-0.2, -0.15) is 5.10 Å². The first-order chi connectivity index (χ1) is 9.67. The fourth-order valence-electron chi connectivity index (χ4n) is 2.10. The van der Waals surface area contributed by atoms with Crippen LogP contribution in [0.1, 0.15) is 30.3 Å². The highest BCUT2D eigenvalue weighted by atomic mass is 32.1. The molecule has 0 atom stereocenters. The summed E-state index contributed by atoms with van der Waals surface area (Å²) in [7, 11) is 0. The fourth-order valence-corrected chi connectivity index (χ4v) is 2.98. The summed E-state index contributed by atoms with van der Waals surface area (Å²) in [6.45, 7) is 4.98. The van der Waals surface area contributed by atoms with Gasteiger partial charge in [0, 0.05) is 11.5 Å². The van der Waals surface area contributed by atoms with E-state index in [1.165, 1.54) is 5.56 Å². The number of rotatable bonds is 4. The summed E-state index contributed by atoms with van der Waals surface area (Å²) in [5.41, 5.74) is 8.91. The predicted octanol–water partition coefficient (Wildman–Crippen LogP) is 3.08. The van der Waals surface area contributed by atoms with Crippen LogP contribution < -0.4 is 5.73 Å². The third kappa shape index (κ3) is 2.46. The van der Waals surface area contributed by atoms with Gasteiger partial charge in [-0.25, -0.2) is 9.50 Å². The number of nitrogens with two attached hydrogens (primary N) is 1. The van der Waals surface area contributed by atoms with Crippen molar-refractivity contribution in [2.24, 2.45) is 5.73 Å². The van der Waals surface area contributed by atoms with Crippen LogP contribution in [0.4, 0.5) is 0 Å². The van der Waals surface area contributed by atoms with Gasteiger partial charge in [0.25, 0.3) is 0 Å². The summed E-state index contributed by atoms with van der Waals surface area (Å²) in [6, 6.07) is 8.42. The Labute approximate surface area is 122 Å². The molecule has 2 N–H and O–H groups in total. The van der Waals surface area contributed by atoms with Crippen LogP contribution in [0.2, 0.25) is 0 Å². The third-order valence-corrected chi connectivity index (χ3v) is 4.46. The van der Waals surface area contributed by atoms with Gasteiger partial charge >= 0.3 is 0 Å². The zero-order valence-corrected chi connectivity index (χ0v) is 12.5. The maximum atomic E-state index is 5.56. The Morgan fingerprint density at radius 2 is 2.00 bits per heavy atom. The lowest BCUT2D eigenvalue weighted by Gasteiger charge is -2.00. The van der Waals surface area contributed by atoms with Crippen molar-refractivity contribution in [2.75, 3.05) is 6.54 Å². The number of hydrogen-bond acceptors (Lipinski definition) is 4. The Bertz CT molecular complexity index is 678. The first-order valence-corrected chi connectivity index (χ1v) is 7.64. The van der Waals surface area contributed by atoms with Gasteiger partial charge in [0.2, 0.25) is 4.96 Å². The van der Waals surface area contributed by atoms with E-state index in [1.54, 1.807) is 11.3 Å². The molecule has 3 rings (SSSR count). The average Bonchev–Trinajstić information content (AvgIpc) is 2.98. The second kappa shape index (κ2) is 5.34. The number of aromatic nitrogens is 3. The SMILES string of the molecule is CC(C)c1nn2cc(-c3ccc(CCN)cc3)nc2s1. The molecule has 0 amide bonds. The monoisotopic (exact) mass is 286 g/mol. The molecule has 20 heavy (non-hydrogen) atoms. The molecular formula is C15H18N4S. The van der Waals surface area contributed by atoms with Gasteiger partial charge in [0.15, 0.2) is 0 Å². The minimum atomic E-state index is 0.445. The number of benzene rings is 1. The van der Waals surface area contributed by atoms with Crippen molar-refractivity contribution in [1.29, 1.82) is 0 Å². The Morgan fingerprint density at radius 1 is 1.25 bits per heavy atom. The second-order valence-corrected chi connectivity index (χ2v) is 6.17. The van der Waals surface area contributed by atoms with E-state index in [2.05, 4.69) is 48.2 Å². The van der Waals surface area contributed by atoms with Crippen LogP contribution in [0.15, 0.2) is 30.5 Å². The van der Waals surface area contributed by atoms with Crippen LogP contribution in [-0.4, -0.2) is 21.1 Å². The fraction of sp³-hybridized carbons (Fsp3) is 0.333. The molecule has 5 heteroatoms. The highest BCUT2D eigenvalue weighted by molar-refractivity contribution is 7.16. The minimum absolute atomic E-state index is 0.445. The van der Waals surface area contributed by atoms with E-state index in [-0.39, 0.29) is 0 Å². The molecule has 0 fully saturated rings. The second-order valence-electron chi connectivity index (χ2n) is 5.18. The van der Waals surface area contributed by atoms with Crippen molar-refractivity contribution in [2.45, 2.75) is 26.2 Å². The maximum Gasteiger partial charge on any atom is 0.212 e. The standard InChI is InChI=1S/C15H18N4S/c1-10(2)14-18-19-9-13(17-15(19)20-14)12-5-3-11(4-6-12)7-8-16/h3-6,9-10H,7-8,16H2,1-2H3. The zero-order valence-electron chi connectivity index (χ0n) is 11.7. The van der Waals surface area contributed by atoms with E-state index in [0.717, 1.165) is 27.6 Å². The molecule has 0 unspecified atom stereocenters. The van der Waals surface area contributed by atoms with Crippen LogP contribution in [0.5, 0.6) is 0 Å². The summed E-state index contributed by atoms with van der Waals surface area (Å²) in [6.07, 6.45) is 2.91. The lowest BCUT2D eigenvalue weighted by Crippen LogP contribution is -2.02. The summed E-state index contributed by atoms with van der Waals surface area (Å²) in [4.78, 5) is 5.61. The smallest absolute Gasteiger partial charge is 0.212 e. The molecule has 0 aliphatic rings. The molecule has 0 saturated heterocycles. The molecule has 2 heterocycles. The molecular weight excluding hydrogens is 268 g/mol. The summed E-state index contributed by atoms with van der Waals surface area (Å²) >= 11 is 1.66. The average molecular weight is 286 g/mol. The summed E-state index contributed by atoms with van der Waals surface area (Å²) in [5, 5.41) is 5.68. The van der Waals surface area contributed by atoms with Crippen molar-refractivity contribution < 1.29 is 0 Å². The number of hydrogen-bond donors (Lipinski definition) is 1. The topological polar surface area (TPSA) is 56.2 Å². The van der Waals surface area contributed by atoms with Gasteiger partial charge in [-0.15, -0.1) is 0 Å². The largest absolute Gasteiger partial charge is 0.330 e. The van der Waals surface area contributed by atoms with Crippen LogP contribution in [0.3, 0.4) is 0 Å². The maximum absolute atomic E-state index is 5.56. The van der Waals surface area contributed by atoms with Crippen LogP contribution in [0, 0.1) is 0 Å². The molecule has 2 aromatic heterocycles. The molecule has 0 spiro atoms. The van der Waals surface area contributed by atoms with Gasteiger partial charge in [0.05, 0.1) is 11.9 Å². The van der Waals surface area contributed by atoms with Crippen molar-refractivity contribution in [3.05, 3.63) is 41.0 Å². The molecule has 0 aliphatic carbocycles. The quantitative estimate of drug-likeness (QED) is 0.802. The minimum Gasteiger partial charge on any atom is -0.330 e. The summed E-state index contributed by atoms with van der Waals surface area (Å²) < 4.78 is 1.88. The van der Waals surface area contributed by atoms with Crippen molar-refractivity contribution in [3.8, 4) is 11.3 Å². The third-order valence-electron chi connectivity index (χ3n) is 3.24. The molecule has 0 radical (unpaired) electrons. The molecule has 4 nitrogen and oxygen atoms in total. The van der Waals surface area contributed by atoms with Crippen LogP contribution >= 0.6 is 11.3 Å². The highest BCUT2D eigenvalue weighted by Gasteiger charge is 2.11. The predicted molar refractivity (Wildman–Crippen MR) is 83.1 cm³/mol. The van der Waals surface area contributed by atoms with Crippen LogP contribution in [0.25, 0.3) is 16.2 Å². The van der Waals surface area contributed by atoms with Gasteiger partial charge in [0.1, 0.15) is 5.01 Å². The van der Waals surface area contributed by atoms with E-state index in [1.807, 2.05) is 10.7 Å². The van der Waals surface area contributed by atoms with E-state index in [9.17, 15) is 0 Å². The van der Waals surface area contributed by atoms with Gasteiger partial charge in [-0.3, -0.25) is 0 Å². The Balaban J connectivity index is 1.91. The molecule has 1 aromatic carbocycles. The number of imidazole rings is 1. The van der Waals surface area contributed by atoms with Crippen LogP contribution in [-0.2, 0) is 6.42 Å². The Kier molecular flexibility index (Phi) is 3.54. The first-order valence-electron chi connectivity index (χ1n) is 6.83. The normalized spacial score (nSPS) is 11.6. The van der Waals surface area contributed by atoms with Crippen molar-refractivity contribution >= 4 is 16.3 Å². The van der Waals surface area contributed by atoms with Crippen molar-refractivity contribution in [3.63, 3.8) is 0 Å². The lowest BCUT2D eigenvalue weighted by molar-refractivity contribution is 0.802. The molecule has 0 aliphatic heterocycles. The molecule has 3 aromatic rings. The van der Waals surface area contributed by atoms with E-state index in [4.69, 9.17) is 5.73 Å². The van der Waals surface area contributed by atoms with Gasteiger partial charge < -0.3 is 5.73 Å². The Hall–Kier alpha value is -1.72. The van der Waals surface area contributed by atoms with E-state index >= 15 is 0 Å². The summed E-state index contributed by atoms with van der Waals surface area (Å²) in [5.74, 6) is 0.445. The molecule has 104 valence electrons. The van der Waals surface area contributed by atoms with Gasteiger partial charge in [-0.1, -0.05) is 49.4 Å². The molecule has 0 saturated carbocycles. The lowest BCUT2D eigenvalue weighted by atomic mass is 10.1. The van der Waals surface area contributed by atoms with E-state index in [0.29, 0.717) is 12.5 Å². The highest BCUT2D eigenvalue weighted by Crippen LogP contribution is 2.25. The van der Waals surface area contributed by atoms with Crippen molar-refractivity contribution in [1.82, 2.24) is 14.6 Å². The van der Waals surface area contributed by atoms with Gasteiger partial charge in [-0.05, 0) is 18.5 Å². The Morgan fingerprint density at radius 3 is 2.60 bits per heavy atom. The molecule has 0 bridgehead atoms. The zero-order chi connectivity index (χ0) is 14.1. The van der Waals surface area contributed by atoms with E-state index < -0.39 is 0 Å². The number of fused-ring (bicyclic) bond motifs is 1. The number of nitrogens with zero attached hydrogens (tertiary/aromatic N) is 3. The first kappa shape index (κ1) is 13.3.